The van der Waals surface area contributed by atoms with Crippen LogP contribution in [0.2, 0.25) is 0 Å². The molecule has 0 N–H and O–H groups in total. The van der Waals surface area contributed by atoms with Crippen molar-refractivity contribution < 1.29 is 18.3 Å². The fourth-order valence-electron chi connectivity index (χ4n) is 3.25. The average molecular weight is 484 g/mol. The van der Waals surface area contributed by atoms with Gasteiger partial charge in [0.15, 0.2) is 0 Å². The van der Waals surface area contributed by atoms with Crippen LogP contribution in [0.4, 0.5) is 0 Å². The molecule has 0 aliphatic carbocycles. The van der Waals surface area contributed by atoms with Gasteiger partial charge in [-0.2, -0.15) is 0 Å². The molecule has 0 heterocycles. The summed E-state index contributed by atoms with van der Waals surface area (Å²) in [5.74, 6) is 0. The van der Waals surface area contributed by atoms with E-state index < -0.39 is 15.8 Å². The van der Waals surface area contributed by atoms with E-state index in [4.69, 9.17) is 0 Å². The zero-order valence-corrected chi connectivity index (χ0v) is 18.9. The van der Waals surface area contributed by atoms with Crippen molar-refractivity contribution in [2.45, 2.75) is 3.99 Å². The Bertz CT molecular complexity index is 814. The van der Waals surface area contributed by atoms with Gasteiger partial charge in [0.2, 0.25) is 0 Å². The summed E-state index contributed by atoms with van der Waals surface area (Å²) in [5, 5.41) is 5.75. The van der Waals surface area contributed by atoms with E-state index in [1.54, 1.807) is 0 Å². The molecule has 0 aliphatic rings. The molecule has 0 saturated carbocycles. The molecular weight excluding hydrogens is 463 g/mol. The van der Waals surface area contributed by atoms with E-state index in [2.05, 4.69) is 140 Å². The van der Waals surface area contributed by atoms with Crippen LogP contribution in [-0.2, 0) is 18.3 Å². The van der Waals surface area contributed by atoms with Crippen molar-refractivity contribution in [2.24, 2.45) is 0 Å². The number of hydrogen-bond acceptors (Lipinski definition) is 0. The molecule has 4 aromatic carbocycles. The standard InChI is InChI=1S/C25H21P2.Ru/c1-5-13-22(14-6-1)26(23-15-7-2-8-16-23)21-27(24-17-9-3-10-18-24)25-19-11-4-12-20-25;/h1-21H;. The van der Waals surface area contributed by atoms with Gasteiger partial charge < -0.3 is 0 Å². The summed E-state index contributed by atoms with van der Waals surface area (Å²) < 4.78 is 0.457. The van der Waals surface area contributed by atoms with Gasteiger partial charge in [-0.05, 0) is 0 Å². The summed E-state index contributed by atoms with van der Waals surface area (Å²) in [6.07, 6.45) is 0. The van der Waals surface area contributed by atoms with Gasteiger partial charge in [-0.1, -0.05) is 0 Å². The van der Waals surface area contributed by atoms with Crippen molar-refractivity contribution >= 4 is 37.1 Å². The van der Waals surface area contributed by atoms with Crippen molar-refractivity contribution in [3.05, 3.63) is 121 Å². The molecule has 4 rings (SSSR count). The summed E-state index contributed by atoms with van der Waals surface area (Å²) in [7, 11) is -1.00. The Balaban J connectivity index is 1.84. The Hall–Kier alpha value is -1.64. The van der Waals surface area contributed by atoms with Crippen molar-refractivity contribution in [1.29, 1.82) is 0 Å². The van der Waals surface area contributed by atoms with Gasteiger partial charge >= 0.3 is 181 Å². The van der Waals surface area contributed by atoms with Crippen LogP contribution in [0.15, 0.2) is 121 Å². The average Bonchev–Trinajstić information content (AvgIpc) is 2.77. The fraction of sp³-hybridized carbons (Fsp3) is 0.0400. The van der Waals surface area contributed by atoms with E-state index in [1.807, 2.05) is 0 Å². The van der Waals surface area contributed by atoms with E-state index in [-0.39, 0.29) is 0 Å². The van der Waals surface area contributed by atoms with Gasteiger partial charge in [0.1, 0.15) is 0 Å². The monoisotopic (exact) mass is 485 g/mol. The third-order valence-corrected chi connectivity index (χ3v) is 12.9. The molecule has 0 amide bonds. The summed E-state index contributed by atoms with van der Waals surface area (Å²) in [4.78, 5) is 0. The molecule has 0 aromatic heterocycles. The van der Waals surface area contributed by atoms with Crippen LogP contribution in [0.1, 0.15) is 0 Å². The van der Waals surface area contributed by atoms with E-state index in [0.717, 1.165) is 0 Å². The Labute approximate surface area is 180 Å². The minimum absolute atomic E-state index is 0.457. The molecule has 0 nitrogen and oxygen atoms in total. The third-order valence-electron chi connectivity index (χ3n) is 4.55. The second kappa shape index (κ2) is 9.72. The van der Waals surface area contributed by atoms with Crippen molar-refractivity contribution in [3.8, 4) is 0 Å². The molecule has 28 heavy (non-hydrogen) atoms. The van der Waals surface area contributed by atoms with Gasteiger partial charge in [-0.3, -0.25) is 0 Å². The molecule has 0 atom stereocenters. The molecule has 0 fully saturated rings. The first-order valence-electron chi connectivity index (χ1n) is 9.26. The van der Waals surface area contributed by atoms with Crippen LogP contribution in [0.5, 0.6) is 0 Å². The first-order chi connectivity index (χ1) is 13.8. The minimum atomic E-state index is -0.501. The number of benzene rings is 4. The Morgan fingerprint density at radius 1 is 0.393 bits per heavy atom. The zero-order chi connectivity index (χ0) is 19.2. The molecule has 139 valence electrons. The quantitative estimate of drug-likeness (QED) is 0.265. The summed E-state index contributed by atoms with van der Waals surface area (Å²) >= 11 is 3.11. The maximum atomic E-state index is 3.11. The molecule has 0 aliphatic heterocycles. The van der Waals surface area contributed by atoms with Crippen molar-refractivity contribution in [3.63, 3.8) is 0 Å². The molecule has 0 unspecified atom stereocenters. The van der Waals surface area contributed by atoms with Gasteiger partial charge in [-0.25, -0.2) is 0 Å². The summed E-state index contributed by atoms with van der Waals surface area (Å²) in [6.45, 7) is 0. The van der Waals surface area contributed by atoms with E-state index >= 15 is 0 Å². The van der Waals surface area contributed by atoms with Crippen LogP contribution < -0.4 is 21.2 Å². The van der Waals surface area contributed by atoms with Crippen LogP contribution >= 0.6 is 15.8 Å². The normalized spacial score (nSPS) is 11.3. The van der Waals surface area contributed by atoms with E-state index in [1.165, 1.54) is 21.2 Å². The maximum absolute atomic E-state index is 3.11. The van der Waals surface area contributed by atoms with Crippen LogP contribution in [0.3, 0.4) is 0 Å². The van der Waals surface area contributed by atoms with E-state index in [0.29, 0.717) is 3.99 Å². The second-order valence-electron chi connectivity index (χ2n) is 6.38. The first-order valence-corrected chi connectivity index (χ1v) is 13.1. The van der Waals surface area contributed by atoms with Gasteiger partial charge in [0.25, 0.3) is 0 Å². The predicted octanol–water partition coefficient (Wildman–Crippen LogP) is 5.08. The second-order valence-corrected chi connectivity index (χ2v) is 13.9. The SMILES string of the molecule is [Ru][CH](P(c1ccccc1)c1ccccc1)P(c1ccccc1)c1ccccc1. The molecule has 0 radical (unpaired) electrons. The van der Waals surface area contributed by atoms with Gasteiger partial charge in [0, 0.05) is 0 Å². The van der Waals surface area contributed by atoms with Gasteiger partial charge in [-0.15, -0.1) is 0 Å². The topological polar surface area (TPSA) is 0 Å². The van der Waals surface area contributed by atoms with Crippen LogP contribution in [-0.4, -0.2) is 3.99 Å². The summed E-state index contributed by atoms with van der Waals surface area (Å²) in [5.41, 5.74) is 0. The van der Waals surface area contributed by atoms with Crippen molar-refractivity contribution in [1.82, 2.24) is 0 Å². The fourth-order valence-corrected chi connectivity index (χ4v) is 12.4. The molecular formula is C25H21P2Ru. The molecule has 0 spiro atoms. The molecule has 0 saturated heterocycles. The van der Waals surface area contributed by atoms with E-state index in [9.17, 15) is 0 Å². The Kier molecular flexibility index (Phi) is 6.83. The third kappa shape index (κ3) is 4.50. The van der Waals surface area contributed by atoms with Gasteiger partial charge in [0.05, 0.1) is 0 Å². The molecule has 0 bridgehead atoms. The number of hydrogen-bond donors (Lipinski definition) is 0. The van der Waals surface area contributed by atoms with Crippen molar-refractivity contribution in [2.75, 3.05) is 0 Å². The Morgan fingerprint density at radius 2 is 0.607 bits per heavy atom. The van der Waals surface area contributed by atoms with Crippen LogP contribution in [0, 0.1) is 0 Å². The summed E-state index contributed by atoms with van der Waals surface area (Å²) in [6, 6.07) is 44.1. The number of rotatable bonds is 6. The zero-order valence-electron chi connectivity index (χ0n) is 15.4. The molecule has 4 aromatic rings. The first kappa shape index (κ1) is 19.7. The Morgan fingerprint density at radius 3 is 0.821 bits per heavy atom. The van der Waals surface area contributed by atoms with Crippen LogP contribution in [0.25, 0.3) is 0 Å². The predicted molar refractivity (Wildman–Crippen MR) is 122 cm³/mol. The molecule has 3 heteroatoms.